The van der Waals surface area contributed by atoms with Crippen LogP contribution in [-0.2, 0) is 16.0 Å². The van der Waals surface area contributed by atoms with Crippen molar-refractivity contribution in [3.05, 3.63) is 90.3 Å². The number of hydrogen-bond acceptors (Lipinski definition) is 8. The summed E-state index contributed by atoms with van der Waals surface area (Å²) >= 11 is 0. The summed E-state index contributed by atoms with van der Waals surface area (Å²) in [5, 5.41) is 7.08. The van der Waals surface area contributed by atoms with Crippen LogP contribution < -0.4 is 26.4 Å². The minimum Gasteiger partial charge on any atom is -0.453 e. The van der Waals surface area contributed by atoms with Crippen molar-refractivity contribution in [3.63, 3.8) is 0 Å². The quantitative estimate of drug-likeness (QED) is 0.203. The highest BCUT2D eigenvalue weighted by Crippen LogP contribution is 2.37. The number of aromatic nitrogens is 2. The summed E-state index contributed by atoms with van der Waals surface area (Å²) in [4.78, 5) is 44.8. The maximum atomic E-state index is 15.0. The Morgan fingerprint density at radius 2 is 1.60 bits per heavy atom. The fourth-order valence-electron chi connectivity index (χ4n) is 3.74. The molecule has 0 aliphatic rings. The number of ether oxygens (including phenoxy) is 2. The SMILES string of the molecule is CC(C)(C)OC(=O)Nc1ccc(-c2c(Oc3ccc(NC(=O)NC(=O)Cc4ccc(F)cc4)cc3F)ccnc2N)nc1. The zero-order valence-corrected chi connectivity index (χ0v) is 23.4. The number of anilines is 3. The third-order valence-corrected chi connectivity index (χ3v) is 5.55. The summed E-state index contributed by atoms with van der Waals surface area (Å²) in [7, 11) is 0. The molecule has 11 nitrogen and oxygen atoms in total. The number of nitrogen functional groups attached to an aromatic ring is 1. The molecule has 0 fully saturated rings. The van der Waals surface area contributed by atoms with Crippen molar-refractivity contribution >= 4 is 35.2 Å². The van der Waals surface area contributed by atoms with Gasteiger partial charge in [-0.25, -0.2) is 23.4 Å². The second-order valence-corrected chi connectivity index (χ2v) is 10.2. The first-order valence-corrected chi connectivity index (χ1v) is 12.9. The normalized spacial score (nSPS) is 10.9. The predicted molar refractivity (Wildman–Crippen MR) is 155 cm³/mol. The van der Waals surface area contributed by atoms with Crippen molar-refractivity contribution in [1.29, 1.82) is 0 Å². The molecule has 0 radical (unpaired) electrons. The van der Waals surface area contributed by atoms with Crippen LogP contribution in [-0.4, -0.2) is 33.6 Å². The molecule has 2 aromatic heterocycles. The third kappa shape index (κ3) is 8.70. The maximum Gasteiger partial charge on any atom is 0.412 e. The van der Waals surface area contributed by atoms with Gasteiger partial charge >= 0.3 is 12.1 Å². The fraction of sp³-hybridized carbons (Fsp3) is 0.167. The van der Waals surface area contributed by atoms with Crippen LogP contribution in [0.25, 0.3) is 11.3 Å². The molecule has 4 aromatic rings. The van der Waals surface area contributed by atoms with Gasteiger partial charge in [0, 0.05) is 18.0 Å². The summed E-state index contributed by atoms with van der Waals surface area (Å²) < 4.78 is 39.0. The van der Waals surface area contributed by atoms with Crippen molar-refractivity contribution in [2.45, 2.75) is 32.8 Å². The Kier molecular flexibility index (Phi) is 9.14. The molecule has 0 aliphatic carbocycles. The molecule has 0 saturated heterocycles. The van der Waals surface area contributed by atoms with Gasteiger partial charge in [0.2, 0.25) is 5.91 Å². The predicted octanol–water partition coefficient (Wildman–Crippen LogP) is 6.03. The van der Waals surface area contributed by atoms with E-state index in [2.05, 4.69) is 25.9 Å². The Balaban J connectivity index is 1.42. The number of urea groups is 1. The molecule has 222 valence electrons. The molecule has 0 spiro atoms. The van der Waals surface area contributed by atoms with E-state index in [4.69, 9.17) is 15.2 Å². The maximum absolute atomic E-state index is 15.0. The van der Waals surface area contributed by atoms with Crippen LogP contribution in [0, 0.1) is 11.6 Å². The minimum atomic E-state index is -0.875. The molecule has 4 rings (SSSR count). The highest BCUT2D eigenvalue weighted by atomic mass is 19.1. The molecule has 0 atom stereocenters. The van der Waals surface area contributed by atoms with Gasteiger partial charge in [-0.15, -0.1) is 0 Å². The first-order valence-electron chi connectivity index (χ1n) is 12.9. The van der Waals surface area contributed by atoms with E-state index < -0.39 is 35.3 Å². The van der Waals surface area contributed by atoms with Crippen LogP contribution in [0.4, 0.5) is 35.6 Å². The topological polar surface area (TPSA) is 158 Å². The van der Waals surface area contributed by atoms with E-state index in [1.807, 2.05) is 0 Å². The number of imide groups is 1. The van der Waals surface area contributed by atoms with Gasteiger partial charge in [0.25, 0.3) is 0 Å². The van der Waals surface area contributed by atoms with Crippen molar-refractivity contribution in [2.24, 2.45) is 0 Å². The van der Waals surface area contributed by atoms with Gasteiger partial charge in [0.15, 0.2) is 11.6 Å². The summed E-state index contributed by atoms with van der Waals surface area (Å²) in [6.07, 6.45) is 1.98. The third-order valence-electron chi connectivity index (χ3n) is 5.55. The number of nitrogens with two attached hydrogens (primary N) is 1. The number of pyridine rings is 2. The molecule has 2 aromatic carbocycles. The largest absolute Gasteiger partial charge is 0.453 e. The molecule has 0 saturated carbocycles. The highest BCUT2D eigenvalue weighted by Gasteiger charge is 2.19. The van der Waals surface area contributed by atoms with Gasteiger partial charge in [-0.1, -0.05) is 12.1 Å². The number of carbonyl (C=O) groups is 3. The van der Waals surface area contributed by atoms with Crippen LogP contribution in [0.3, 0.4) is 0 Å². The van der Waals surface area contributed by atoms with E-state index in [9.17, 15) is 23.2 Å². The average Bonchev–Trinajstić information content (AvgIpc) is 2.91. The highest BCUT2D eigenvalue weighted by molar-refractivity contribution is 6.01. The molecule has 43 heavy (non-hydrogen) atoms. The number of amides is 4. The minimum absolute atomic E-state index is 0.0566. The number of carbonyl (C=O) groups excluding carboxylic acids is 3. The van der Waals surface area contributed by atoms with E-state index in [0.29, 0.717) is 16.9 Å². The van der Waals surface area contributed by atoms with E-state index >= 15 is 0 Å². The Morgan fingerprint density at radius 3 is 2.26 bits per heavy atom. The van der Waals surface area contributed by atoms with Crippen molar-refractivity contribution in [2.75, 3.05) is 16.4 Å². The Hall–Kier alpha value is -5.59. The van der Waals surface area contributed by atoms with Crippen LogP contribution in [0.15, 0.2) is 73.1 Å². The molecule has 0 bridgehead atoms. The van der Waals surface area contributed by atoms with Gasteiger partial charge in [0.05, 0.1) is 29.6 Å². The van der Waals surface area contributed by atoms with Gasteiger partial charge in [-0.3, -0.25) is 20.4 Å². The second-order valence-electron chi connectivity index (χ2n) is 10.2. The Labute approximate surface area is 245 Å². The monoisotopic (exact) mass is 590 g/mol. The Morgan fingerprint density at radius 1 is 0.884 bits per heavy atom. The van der Waals surface area contributed by atoms with E-state index in [1.54, 1.807) is 32.9 Å². The molecule has 2 heterocycles. The summed E-state index contributed by atoms with van der Waals surface area (Å²) in [6.45, 7) is 5.23. The number of hydrogen-bond donors (Lipinski definition) is 4. The fourth-order valence-corrected chi connectivity index (χ4v) is 3.74. The van der Waals surface area contributed by atoms with Gasteiger partial charge in [-0.05, 0) is 68.8 Å². The molecule has 5 N–H and O–H groups in total. The first-order chi connectivity index (χ1) is 20.4. The summed E-state index contributed by atoms with van der Waals surface area (Å²) in [5.41, 5.74) is 6.99. The zero-order valence-electron chi connectivity index (χ0n) is 23.4. The lowest BCUT2D eigenvalue weighted by Gasteiger charge is -2.19. The van der Waals surface area contributed by atoms with Gasteiger partial charge in [-0.2, -0.15) is 0 Å². The molecular formula is C30H28F2N6O5. The van der Waals surface area contributed by atoms with Crippen LogP contribution in [0.1, 0.15) is 26.3 Å². The van der Waals surface area contributed by atoms with Gasteiger partial charge in [0.1, 0.15) is 23.0 Å². The summed E-state index contributed by atoms with van der Waals surface area (Å²) in [5.74, 6) is -1.86. The molecule has 0 aliphatic heterocycles. The van der Waals surface area contributed by atoms with Gasteiger partial charge < -0.3 is 20.5 Å². The summed E-state index contributed by atoms with van der Waals surface area (Å²) in [6, 6.07) is 12.7. The second kappa shape index (κ2) is 12.9. The molecule has 13 heteroatoms. The number of halogens is 2. The number of rotatable bonds is 7. The average molecular weight is 591 g/mol. The lowest BCUT2D eigenvalue weighted by atomic mass is 10.1. The Bertz CT molecular complexity index is 1640. The zero-order chi connectivity index (χ0) is 31.1. The number of nitrogens with zero attached hydrogens (tertiary/aromatic N) is 2. The van der Waals surface area contributed by atoms with Crippen molar-refractivity contribution in [3.8, 4) is 22.8 Å². The van der Waals surface area contributed by atoms with E-state index in [0.717, 1.165) is 6.07 Å². The lowest BCUT2D eigenvalue weighted by Crippen LogP contribution is -2.35. The van der Waals surface area contributed by atoms with Crippen molar-refractivity contribution in [1.82, 2.24) is 15.3 Å². The molecular weight excluding hydrogens is 562 g/mol. The van der Waals surface area contributed by atoms with Crippen molar-refractivity contribution < 1.29 is 32.6 Å². The first kappa shape index (κ1) is 30.4. The number of nitrogens with one attached hydrogen (secondary N) is 3. The number of benzene rings is 2. The van der Waals surface area contributed by atoms with E-state index in [1.165, 1.54) is 54.9 Å². The standard InChI is InChI=1S/C30H28F2N6O5/c1-30(2,3)43-29(41)37-20-8-10-22(35-16-20)26-24(12-13-34-27(26)33)42-23-11-9-19(15-21(23)32)36-28(40)38-25(39)14-17-4-6-18(31)7-5-17/h4-13,15-16H,14H2,1-3H3,(H2,33,34)(H,37,41)(H2,36,38,39,40). The van der Waals surface area contributed by atoms with Crippen LogP contribution >= 0.6 is 0 Å². The van der Waals surface area contributed by atoms with Crippen LogP contribution in [0.2, 0.25) is 0 Å². The lowest BCUT2D eigenvalue weighted by molar-refractivity contribution is -0.119. The smallest absolute Gasteiger partial charge is 0.412 e. The van der Waals surface area contributed by atoms with E-state index in [-0.39, 0.29) is 35.0 Å². The van der Waals surface area contributed by atoms with Crippen LogP contribution in [0.5, 0.6) is 11.5 Å². The molecule has 4 amide bonds. The molecule has 0 unspecified atom stereocenters.